The Kier molecular flexibility index (Phi) is 2.60. The summed E-state index contributed by atoms with van der Waals surface area (Å²) in [4.78, 5) is 15.9. The summed E-state index contributed by atoms with van der Waals surface area (Å²) in [5.41, 5.74) is 1.24. The molecule has 3 rings (SSSR count). The van der Waals surface area contributed by atoms with Gasteiger partial charge in [-0.3, -0.25) is 0 Å². The lowest BCUT2D eigenvalue weighted by Crippen LogP contribution is -2.24. The number of aromatic nitrogens is 2. The number of aliphatic hydroxyl groups is 1. The van der Waals surface area contributed by atoms with Crippen LogP contribution >= 0.6 is 0 Å². The van der Waals surface area contributed by atoms with Crippen LogP contribution in [0.4, 0.5) is 0 Å². The number of nitrogens with zero attached hydrogens (tertiary/aromatic N) is 2. The number of carbonyl (C=O) groups is 1. The summed E-state index contributed by atoms with van der Waals surface area (Å²) in [6.07, 6.45) is 2.46. The summed E-state index contributed by atoms with van der Waals surface area (Å²) >= 11 is 0. The zero-order valence-corrected chi connectivity index (χ0v) is 10.8. The van der Waals surface area contributed by atoms with Crippen molar-refractivity contribution >= 4 is 17.0 Å². The summed E-state index contributed by atoms with van der Waals surface area (Å²) in [5, 5.41) is 19.0. The molecule has 1 aliphatic carbocycles. The molecule has 100 valence electrons. The molecule has 5 heteroatoms. The van der Waals surface area contributed by atoms with Gasteiger partial charge in [-0.25, -0.2) is 9.78 Å². The number of aromatic carboxylic acids is 1. The lowest BCUT2D eigenvalue weighted by molar-refractivity contribution is 0.0698. The number of imidazole rings is 1. The molecule has 1 fully saturated rings. The van der Waals surface area contributed by atoms with Gasteiger partial charge >= 0.3 is 5.97 Å². The highest BCUT2D eigenvalue weighted by Crippen LogP contribution is 2.46. The van der Waals surface area contributed by atoms with E-state index in [4.69, 9.17) is 0 Å². The quantitative estimate of drug-likeness (QED) is 0.878. The molecule has 0 atom stereocenters. The maximum absolute atomic E-state index is 11.4. The topological polar surface area (TPSA) is 75.3 Å². The minimum absolute atomic E-state index is 0.0272. The lowest BCUT2D eigenvalue weighted by Gasteiger charge is -2.19. The smallest absolute Gasteiger partial charge is 0.337 e. The van der Waals surface area contributed by atoms with E-state index >= 15 is 0 Å². The number of carboxylic acid groups (broad SMARTS) is 1. The standard InChI is InChI=1S/C14H16N2O3/c1-2-11-15-10-5-3-4-9(13(18)19)12(10)16(11)14(8-17)6-7-14/h3-5,17H,2,6-8H2,1H3,(H,18,19). The van der Waals surface area contributed by atoms with E-state index in [1.165, 1.54) is 0 Å². The Labute approximate surface area is 110 Å². The zero-order valence-electron chi connectivity index (χ0n) is 10.8. The van der Waals surface area contributed by atoms with Gasteiger partial charge in [0.25, 0.3) is 0 Å². The van der Waals surface area contributed by atoms with Crippen LogP contribution in [0.15, 0.2) is 18.2 Å². The SMILES string of the molecule is CCc1nc2cccc(C(=O)O)c2n1C1(CO)CC1. The number of aryl methyl sites for hydroxylation is 1. The number of benzene rings is 1. The molecule has 1 saturated carbocycles. The van der Waals surface area contributed by atoms with Crippen molar-refractivity contribution in [2.24, 2.45) is 0 Å². The third-order valence-electron chi connectivity index (χ3n) is 3.89. The van der Waals surface area contributed by atoms with Gasteiger partial charge in [0.1, 0.15) is 5.82 Å². The van der Waals surface area contributed by atoms with E-state index in [9.17, 15) is 15.0 Å². The van der Waals surface area contributed by atoms with Crippen LogP contribution in [0.3, 0.4) is 0 Å². The third-order valence-corrected chi connectivity index (χ3v) is 3.89. The second-order valence-electron chi connectivity index (χ2n) is 5.08. The number of aliphatic hydroxyl groups excluding tert-OH is 1. The highest BCUT2D eigenvalue weighted by Gasteiger charge is 2.46. The van der Waals surface area contributed by atoms with Crippen molar-refractivity contribution in [3.05, 3.63) is 29.6 Å². The first kappa shape index (κ1) is 12.2. The fourth-order valence-corrected chi connectivity index (χ4v) is 2.69. The fraction of sp³-hybridized carbons (Fsp3) is 0.429. The van der Waals surface area contributed by atoms with Crippen molar-refractivity contribution < 1.29 is 15.0 Å². The first-order valence-corrected chi connectivity index (χ1v) is 6.48. The van der Waals surface area contributed by atoms with Crippen LogP contribution in [-0.4, -0.2) is 32.3 Å². The Balaban J connectivity index is 2.37. The number of carboxylic acids is 1. The van der Waals surface area contributed by atoms with Gasteiger partial charge in [-0.15, -0.1) is 0 Å². The van der Waals surface area contributed by atoms with Gasteiger partial charge < -0.3 is 14.8 Å². The van der Waals surface area contributed by atoms with Crippen LogP contribution < -0.4 is 0 Å². The maximum Gasteiger partial charge on any atom is 0.337 e. The Morgan fingerprint density at radius 2 is 2.21 bits per heavy atom. The van der Waals surface area contributed by atoms with Crippen molar-refractivity contribution in [2.75, 3.05) is 6.61 Å². The molecule has 1 aromatic heterocycles. The van der Waals surface area contributed by atoms with Crippen LogP contribution in [0.5, 0.6) is 0 Å². The van der Waals surface area contributed by atoms with Gasteiger partial charge in [0.2, 0.25) is 0 Å². The minimum atomic E-state index is -0.955. The van der Waals surface area contributed by atoms with E-state index in [1.807, 2.05) is 17.6 Å². The average Bonchev–Trinajstić information content (AvgIpc) is 3.11. The van der Waals surface area contributed by atoms with Crippen LogP contribution in [0.1, 0.15) is 35.9 Å². The Hall–Kier alpha value is -1.88. The number of hydrogen-bond donors (Lipinski definition) is 2. The Morgan fingerprint density at radius 3 is 2.74 bits per heavy atom. The van der Waals surface area contributed by atoms with Gasteiger partial charge in [-0.1, -0.05) is 13.0 Å². The van der Waals surface area contributed by atoms with Gasteiger partial charge in [0.05, 0.1) is 28.7 Å². The molecule has 19 heavy (non-hydrogen) atoms. The average molecular weight is 260 g/mol. The van der Waals surface area contributed by atoms with Crippen molar-refractivity contribution in [1.29, 1.82) is 0 Å². The maximum atomic E-state index is 11.4. The number of rotatable bonds is 4. The molecule has 0 spiro atoms. The van der Waals surface area contributed by atoms with Gasteiger partial charge in [-0.2, -0.15) is 0 Å². The van der Waals surface area contributed by atoms with Crippen molar-refractivity contribution in [3.63, 3.8) is 0 Å². The van der Waals surface area contributed by atoms with Crippen LogP contribution in [0, 0.1) is 0 Å². The summed E-state index contributed by atoms with van der Waals surface area (Å²) in [5.74, 6) is -0.113. The highest BCUT2D eigenvalue weighted by atomic mass is 16.4. The molecule has 0 aliphatic heterocycles. The van der Waals surface area contributed by atoms with Crippen LogP contribution in [0.25, 0.3) is 11.0 Å². The molecule has 5 nitrogen and oxygen atoms in total. The van der Waals surface area contributed by atoms with E-state index in [-0.39, 0.29) is 17.7 Å². The number of fused-ring (bicyclic) bond motifs is 1. The fourth-order valence-electron chi connectivity index (χ4n) is 2.69. The van der Waals surface area contributed by atoms with Crippen LogP contribution in [0.2, 0.25) is 0 Å². The summed E-state index contributed by atoms with van der Waals surface area (Å²) in [7, 11) is 0. The monoisotopic (exact) mass is 260 g/mol. The zero-order chi connectivity index (χ0) is 13.6. The molecule has 1 aromatic carbocycles. The summed E-state index contributed by atoms with van der Waals surface area (Å²) in [6.45, 7) is 2.02. The minimum Gasteiger partial charge on any atom is -0.478 e. The van der Waals surface area contributed by atoms with Crippen LogP contribution in [-0.2, 0) is 12.0 Å². The van der Waals surface area contributed by atoms with E-state index in [1.54, 1.807) is 12.1 Å². The highest BCUT2D eigenvalue weighted by molar-refractivity contribution is 6.01. The molecular formula is C14H16N2O3. The predicted octanol–water partition coefficient (Wildman–Crippen LogP) is 1.78. The largest absolute Gasteiger partial charge is 0.478 e. The summed E-state index contributed by atoms with van der Waals surface area (Å²) in [6, 6.07) is 5.13. The molecule has 0 saturated heterocycles. The lowest BCUT2D eigenvalue weighted by atomic mass is 10.1. The van der Waals surface area contributed by atoms with Crippen molar-refractivity contribution in [1.82, 2.24) is 9.55 Å². The molecule has 0 unspecified atom stereocenters. The molecule has 1 aliphatic rings. The molecule has 2 N–H and O–H groups in total. The molecule has 0 bridgehead atoms. The van der Waals surface area contributed by atoms with Gasteiger partial charge in [-0.05, 0) is 25.0 Å². The van der Waals surface area contributed by atoms with E-state index in [0.29, 0.717) is 11.0 Å². The van der Waals surface area contributed by atoms with Crippen molar-refractivity contribution in [2.45, 2.75) is 31.7 Å². The number of hydrogen-bond acceptors (Lipinski definition) is 3. The second kappa shape index (κ2) is 4.06. The van der Waals surface area contributed by atoms with Crippen molar-refractivity contribution in [3.8, 4) is 0 Å². The van der Waals surface area contributed by atoms with Gasteiger partial charge in [0, 0.05) is 6.42 Å². The second-order valence-corrected chi connectivity index (χ2v) is 5.08. The van der Waals surface area contributed by atoms with E-state index in [2.05, 4.69) is 4.98 Å². The molecule has 0 radical (unpaired) electrons. The normalized spacial score (nSPS) is 16.7. The molecular weight excluding hydrogens is 244 g/mol. The van der Waals surface area contributed by atoms with Gasteiger partial charge in [0.15, 0.2) is 0 Å². The van der Waals surface area contributed by atoms with E-state index < -0.39 is 5.97 Å². The first-order valence-electron chi connectivity index (χ1n) is 6.48. The Bertz CT molecular complexity index is 656. The molecule has 1 heterocycles. The Morgan fingerprint density at radius 1 is 1.47 bits per heavy atom. The third kappa shape index (κ3) is 1.65. The molecule has 0 amide bonds. The summed E-state index contributed by atoms with van der Waals surface area (Å²) < 4.78 is 1.95. The number of para-hydroxylation sites is 1. The molecule has 2 aromatic rings. The first-order chi connectivity index (χ1) is 9.13. The van der Waals surface area contributed by atoms with E-state index in [0.717, 1.165) is 25.1 Å². The predicted molar refractivity (Wildman–Crippen MR) is 70.4 cm³/mol.